The molecule has 0 fully saturated rings. The number of halogens is 3. The Hall–Kier alpha value is -1.12. The van der Waals surface area contributed by atoms with Crippen molar-refractivity contribution in [1.29, 1.82) is 0 Å². The molecule has 2 heterocycles. The molecule has 0 unspecified atom stereocenters. The van der Waals surface area contributed by atoms with Gasteiger partial charge in [0.2, 0.25) is 0 Å². The normalized spacial score (nSPS) is 10.9. The van der Waals surface area contributed by atoms with Gasteiger partial charge in [-0.1, -0.05) is 23.2 Å². The van der Waals surface area contributed by atoms with Crippen LogP contribution in [-0.4, -0.2) is 19.6 Å². The Morgan fingerprint density at radius 1 is 1.21 bits per heavy atom. The first-order valence-electron chi connectivity index (χ1n) is 5.22. The Morgan fingerprint density at radius 3 is 2.84 bits per heavy atom. The highest BCUT2D eigenvalue weighted by molar-refractivity contribution is 14.1. The smallest absolute Gasteiger partial charge is 0.255 e. The molecule has 2 aromatic heterocycles. The summed E-state index contributed by atoms with van der Waals surface area (Å²) in [6.45, 7) is 0. The van der Waals surface area contributed by atoms with E-state index in [0.717, 1.165) is 9.26 Å². The molecular formula is C11H6Cl2IN5. The predicted molar refractivity (Wildman–Crippen MR) is 83.2 cm³/mol. The van der Waals surface area contributed by atoms with E-state index in [2.05, 4.69) is 43.0 Å². The highest BCUT2D eigenvalue weighted by atomic mass is 127. The van der Waals surface area contributed by atoms with Gasteiger partial charge in [-0.15, -0.1) is 0 Å². The van der Waals surface area contributed by atoms with Crippen LogP contribution in [0.4, 0.5) is 11.5 Å². The average molecular weight is 406 g/mol. The Labute approximate surface area is 132 Å². The largest absolute Gasteiger partial charge is 0.339 e. The number of hydrogen-bond acceptors (Lipinski definition) is 4. The van der Waals surface area contributed by atoms with Crippen molar-refractivity contribution < 1.29 is 0 Å². The van der Waals surface area contributed by atoms with Crippen LogP contribution in [0, 0.1) is 3.57 Å². The Morgan fingerprint density at radius 2 is 2.05 bits per heavy atom. The molecule has 3 aromatic rings. The van der Waals surface area contributed by atoms with E-state index in [-0.39, 0.29) is 0 Å². The molecule has 96 valence electrons. The van der Waals surface area contributed by atoms with Gasteiger partial charge in [0.15, 0.2) is 0 Å². The number of hydrogen-bond donors (Lipinski definition) is 1. The van der Waals surface area contributed by atoms with Crippen LogP contribution in [0.3, 0.4) is 0 Å². The lowest BCUT2D eigenvalue weighted by atomic mass is 10.3. The molecule has 0 bridgehead atoms. The quantitative estimate of drug-likeness (QED) is 0.520. The summed E-state index contributed by atoms with van der Waals surface area (Å²) in [5.41, 5.74) is 0.907. The van der Waals surface area contributed by atoms with Crippen molar-refractivity contribution in [3.05, 3.63) is 44.3 Å². The van der Waals surface area contributed by atoms with E-state index in [9.17, 15) is 0 Å². The standard InChI is InChI=1S/C11H6Cl2IN5/c12-6-1-2-8(7(14)3-6)17-10-4-9(13)18-11-15-5-16-19(10)11/h1-5,17H. The van der Waals surface area contributed by atoms with Gasteiger partial charge >= 0.3 is 0 Å². The minimum Gasteiger partial charge on any atom is -0.339 e. The molecule has 0 radical (unpaired) electrons. The van der Waals surface area contributed by atoms with Gasteiger partial charge in [-0.2, -0.15) is 19.6 Å². The molecule has 0 aliphatic carbocycles. The highest BCUT2D eigenvalue weighted by Crippen LogP contribution is 2.26. The first-order valence-corrected chi connectivity index (χ1v) is 7.05. The van der Waals surface area contributed by atoms with Gasteiger partial charge in [0, 0.05) is 14.7 Å². The van der Waals surface area contributed by atoms with Crippen LogP contribution in [0.2, 0.25) is 10.2 Å². The summed E-state index contributed by atoms with van der Waals surface area (Å²) in [4.78, 5) is 8.08. The van der Waals surface area contributed by atoms with Crippen LogP contribution >= 0.6 is 45.8 Å². The Bertz CT molecular complexity index is 758. The minimum atomic E-state index is 0.354. The summed E-state index contributed by atoms with van der Waals surface area (Å²) >= 11 is 14.1. The number of aromatic nitrogens is 4. The maximum atomic E-state index is 5.96. The highest BCUT2D eigenvalue weighted by Gasteiger charge is 2.08. The van der Waals surface area contributed by atoms with Crippen molar-refractivity contribution in [3.63, 3.8) is 0 Å². The number of rotatable bonds is 2. The molecule has 0 saturated heterocycles. The summed E-state index contributed by atoms with van der Waals surface area (Å²) in [7, 11) is 0. The van der Waals surface area contributed by atoms with Gasteiger partial charge < -0.3 is 5.32 Å². The van der Waals surface area contributed by atoms with E-state index in [1.54, 1.807) is 10.6 Å². The number of nitrogens with one attached hydrogen (secondary N) is 1. The van der Waals surface area contributed by atoms with Gasteiger partial charge in [0.1, 0.15) is 17.3 Å². The van der Waals surface area contributed by atoms with Gasteiger partial charge in [-0.25, -0.2) is 0 Å². The number of fused-ring (bicyclic) bond motifs is 1. The van der Waals surface area contributed by atoms with Crippen molar-refractivity contribution in [2.75, 3.05) is 5.32 Å². The lowest BCUT2D eigenvalue weighted by Gasteiger charge is -2.10. The van der Waals surface area contributed by atoms with E-state index in [1.165, 1.54) is 6.33 Å². The zero-order valence-corrected chi connectivity index (χ0v) is 13.0. The van der Waals surface area contributed by atoms with Crippen LogP contribution in [0.25, 0.3) is 5.78 Å². The lowest BCUT2D eigenvalue weighted by molar-refractivity contribution is 0.947. The van der Waals surface area contributed by atoms with Crippen molar-refractivity contribution >= 4 is 63.1 Å². The second-order valence-corrected chi connectivity index (χ2v) is 5.67. The third-order valence-electron chi connectivity index (χ3n) is 2.41. The van der Waals surface area contributed by atoms with Crippen molar-refractivity contribution in [2.45, 2.75) is 0 Å². The molecule has 19 heavy (non-hydrogen) atoms. The molecule has 3 rings (SSSR count). The Kier molecular flexibility index (Phi) is 3.46. The molecule has 0 amide bonds. The van der Waals surface area contributed by atoms with Gasteiger partial charge in [0.25, 0.3) is 5.78 Å². The third kappa shape index (κ3) is 2.60. The SMILES string of the molecule is Clc1ccc(Nc2cc(Cl)nc3ncnn23)c(I)c1. The number of anilines is 2. The first-order chi connectivity index (χ1) is 9.13. The summed E-state index contributed by atoms with van der Waals surface area (Å²) in [6, 6.07) is 7.26. The molecule has 0 aliphatic rings. The Balaban J connectivity index is 2.07. The van der Waals surface area contributed by atoms with Crippen molar-refractivity contribution in [2.24, 2.45) is 0 Å². The third-order valence-corrected chi connectivity index (χ3v) is 3.74. The fraction of sp³-hybridized carbons (Fsp3) is 0. The molecular weight excluding hydrogens is 400 g/mol. The maximum absolute atomic E-state index is 5.96. The van der Waals surface area contributed by atoms with Gasteiger partial charge in [-0.05, 0) is 40.8 Å². The number of benzene rings is 1. The van der Waals surface area contributed by atoms with E-state index in [4.69, 9.17) is 23.2 Å². The molecule has 0 atom stereocenters. The number of nitrogens with zero attached hydrogens (tertiary/aromatic N) is 4. The molecule has 1 aromatic carbocycles. The van der Waals surface area contributed by atoms with Gasteiger partial charge in [-0.3, -0.25) is 0 Å². The average Bonchev–Trinajstić information content (AvgIpc) is 2.80. The van der Waals surface area contributed by atoms with E-state index < -0.39 is 0 Å². The lowest BCUT2D eigenvalue weighted by Crippen LogP contribution is -2.02. The zero-order chi connectivity index (χ0) is 13.4. The fourth-order valence-corrected chi connectivity index (χ4v) is 2.79. The molecule has 0 aliphatic heterocycles. The molecule has 0 spiro atoms. The van der Waals surface area contributed by atoms with Gasteiger partial charge in [0.05, 0.1) is 5.69 Å². The fourth-order valence-electron chi connectivity index (χ4n) is 1.60. The van der Waals surface area contributed by atoms with Crippen molar-refractivity contribution in [3.8, 4) is 0 Å². The minimum absolute atomic E-state index is 0.354. The molecule has 5 nitrogen and oxygen atoms in total. The van der Waals surface area contributed by atoms with Crippen LogP contribution in [0.5, 0.6) is 0 Å². The summed E-state index contributed by atoms with van der Waals surface area (Å²) in [5, 5.41) is 8.38. The van der Waals surface area contributed by atoms with Crippen LogP contribution in [0.15, 0.2) is 30.6 Å². The molecule has 8 heteroatoms. The van der Waals surface area contributed by atoms with Crippen molar-refractivity contribution in [1.82, 2.24) is 19.6 Å². The summed E-state index contributed by atoms with van der Waals surface area (Å²) in [5.74, 6) is 1.13. The first kappa shape index (κ1) is 12.9. The topological polar surface area (TPSA) is 55.1 Å². The van der Waals surface area contributed by atoms with E-state index in [0.29, 0.717) is 21.8 Å². The predicted octanol–water partition coefficient (Wildman–Crippen LogP) is 3.78. The second-order valence-electron chi connectivity index (χ2n) is 3.69. The molecule has 1 N–H and O–H groups in total. The second kappa shape index (κ2) is 5.10. The summed E-state index contributed by atoms with van der Waals surface area (Å²) in [6.07, 6.45) is 1.43. The van der Waals surface area contributed by atoms with Crippen LogP contribution < -0.4 is 5.32 Å². The van der Waals surface area contributed by atoms with E-state index in [1.807, 2.05) is 18.2 Å². The van der Waals surface area contributed by atoms with Crippen LogP contribution in [-0.2, 0) is 0 Å². The maximum Gasteiger partial charge on any atom is 0.255 e. The van der Waals surface area contributed by atoms with Crippen LogP contribution in [0.1, 0.15) is 0 Å². The van der Waals surface area contributed by atoms with E-state index >= 15 is 0 Å². The monoisotopic (exact) mass is 405 g/mol. The zero-order valence-electron chi connectivity index (χ0n) is 9.31. The molecule has 0 saturated carbocycles. The summed E-state index contributed by atoms with van der Waals surface area (Å²) < 4.78 is 2.57.